The molecular formula is C22H25F3N4O. The number of nitrogens with zero attached hydrogens (tertiary/aromatic N) is 4. The first kappa shape index (κ1) is 20.8. The molecule has 160 valence electrons. The highest BCUT2D eigenvalue weighted by atomic mass is 19.4. The van der Waals surface area contributed by atoms with E-state index in [0.29, 0.717) is 24.5 Å². The molecular weight excluding hydrogens is 393 g/mol. The summed E-state index contributed by atoms with van der Waals surface area (Å²) in [5.74, 6) is -0.284. The molecule has 1 fully saturated rings. The van der Waals surface area contributed by atoms with Gasteiger partial charge in [0.1, 0.15) is 0 Å². The minimum atomic E-state index is -4.50. The number of aromatic nitrogens is 3. The molecule has 3 aromatic rings. The summed E-state index contributed by atoms with van der Waals surface area (Å²) in [5.41, 5.74) is 1.89. The normalized spacial score (nSPS) is 18.4. The van der Waals surface area contributed by atoms with Crippen LogP contribution in [-0.2, 0) is 12.7 Å². The smallest absolute Gasteiger partial charge is 0.336 e. The SMILES string of the molecule is Cc1cccc(CN2CCC[C@@H](c3noc4nc(C(C)C)cc(C(F)(F)F)c34)C2)n1. The fourth-order valence-electron chi connectivity index (χ4n) is 4.13. The number of alkyl halides is 3. The van der Waals surface area contributed by atoms with E-state index in [9.17, 15) is 13.2 Å². The fourth-order valence-corrected chi connectivity index (χ4v) is 4.13. The van der Waals surface area contributed by atoms with Gasteiger partial charge in [0.05, 0.1) is 22.3 Å². The zero-order chi connectivity index (χ0) is 21.5. The summed E-state index contributed by atoms with van der Waals surface area (Å²) >= 11 is 0. The molecule has 0 unspecified atom stereocenters. The molecule has 1 atom stereocenters. The topological polar surface area (TPSA) is 55.1 Å². The molecule has 1 saturated heterocycles. The molecule has 0 aliphatic carbocycles. The van der Waals surface area contributed by atoms with E-state index in [1.165, 1.54) is 0 Å². The Morgan fingerprint density at radius 3 is 2.73 bits per heavy atom. The molecule has 0 spiro atoms. The predicted octanol–water partition coefficient (Wildman–Crippen LogP) is 5.45. The number of pyridine rings is 2. The van der Waals surface area contributed by atoms with Gasteiger partial charge in [0, 0.05) is 30.4 Å². The molecule has 0 N–H and O–H groups in total. The molecule has 0 aromatic carbocycles. The average Bonchev–Trinajstić information content (AvgIpc) is 3.10. The molecule has 30 heavy (non-hydrogen) atoms. The second-order valence-electron chi connectivity index (χ2n) is 8.34. The maximum Gasteiger partial charge on any atom is 0.417 e. The Kier molecular flexibility index (Phi) is 5.53. The number of rotatable bonds is 4. The predicted molar refractivity (Wildman–Crippen MR) is 107 cm³/mol. The molecule has 5 nitrogen and oxygen atoms in total. The van der Waals surface area contributed by atoms with Crippen molar-refractivity contribution in [2.45, 2.75) is 58.2 Å². The lowest BCUT2D eigenvalue weighted by Crippen LogP contribution is -2.34. The number of hydrogen-bond acceptors (Lipinski definition) is 5. The van der Waals surface area contributed by atoms with E-state index in [-0.39, 0.29) is 22.9 Å². The quantitative estimate of drug-likeness (QED) is 0.564. The molecule has 4 rings (SSSR count). The summed E-state index contributed by atoms with van der Waals surface area (Å²) < 4.78 is 46.9. The first-order valence-corrected chi connectivity index (χ1v) is 10.2. The van der Waals surface area contributed by atoms with E-state index >= 15 is 0 Å². The Balaban J connectivity index is 1.67. The minimum Gasteiger partial charge on any atom is -0.336 e. The molecule has 0 saturated carbocycles. The van der Waals surface area contributed by atoms with Gasteiger partial charge in [0.25, 0.3) is 5.71 Å². The first-order valence-electron chi connectivity index (χ1n) is 10.2. The average molecular weight is 418 g/mol. The summed E-state index contributed by atoms with van der Waals surface area (Å²) in [6, 6.07) is 7.03. The Morgan fingerprint density at radius 1 is 1.23 bits per heavy atom. The van der Waals surface area contributed by atoms with Crippen molar-refractivity contribution in [2.24, 2.45) is 0 Å². The highest BCUT2D eigenvalue weighted by molar-refractivity contribution is 5.81. The van der Waals surface area contributed by atoms with Crippen molar-refractivity contribution in [2.75, 3.05) is 13.1 Å². The number of hydrogen-bond donors (Lipinski definition) is 0. The van der Waals surface area contributed by atoms with Gasteiger partial charge in [-0.25, -0.2) is 4.98 Å². The molecule has 3 aromatic heterocycles. The second-order valence-corrected chi connectivity index (χ2v) is 8.34. The third kappa shape index (κ3) is 4.19. The number of aryl methyl sites for hydroxylation is 1. The van der Waals surface area contributed by atoms with Gasteiger partial charge < -0.3 is 4.52 Å². The molecule has 4 heterocycles. The van der Waals surface area contributed by atoms with Crippen LogP contribution < -0.4 is 0 Å². The van der Waals surface area contributed by atoms with Crippen LogP contribution in [0, 0.1) is 6.92 Å². The summed E-state index contributed by atoms with van der Waals surface area (Å²) in [6.07, 6.45) is -2.85. The monoisotopic (exact) mass is 418 g/mol. The van der Waals surface area contributed by atoms with E-state index in [1.54, 1.807) is 0 Å². The third-order valence-corrected chi connectivity index (χ3v) is 5.61. The Morgan fingerprint density at radius 2 is 2.03 bits per heavy atom. The van der Waals surface area contributed by atoms with Gasteiger partial charge in [-0.1, -0.05) is 25.1 Å². The highest BCUT2D eigenvalue weighted by Crippen LogP contribution is 2.40. The van der Waals surface area contributed by atoms with Crippen LogP contribution >= 0.6 is 0 Å². The van der Waals surface area contributed by atoms with Crippen LogP contribution in [0.2, 0.25) is 0 Å². The summed E-state index contributed by atoms with van der Waals surface area (Å²) in [5, 5.41) is 4.08. The first-order chi connectivity index (χ1) is 14.2. The lowest BCUT2D eigenvalue weighted by molar-refractivity contribution is -0.136. The summed E-state index contributed by atoms with van der Waals surface area (Å²) in [4.78, 5) is 11.1. The molecule has 0 bridgehead atoms. The van der Waals surface area contributed by atoms with Crippen LogP contribution in [0.1, 0.15) is 66.9 Å². The Hall–Kier alpha value is -2.48. The van der Waals surface area contributed by atoms with E-state index in [1.807, 2.05) is 39.0 Å². The number of likely N-dealkylation sites (tertiary alicyclic amines) is 1. The van der Waals surface area contributed by atoms with Gasteiger partial charge in [-0.3, -0.25) is 9.88 Å². The third-order valence-electron chi connectivity index (χ3n) is 5.61. The second kappa shape index (κ2) is 7.98. The number of piperidine rings is 1. The summed E-state index contributed by atoms with van der Waals surface area (Å²) in [7, 11) is 0. The Bertz CT molecular complexity index is 1040. The molecule has 1 aliphatic heterocycles. The van der Waals surface area contributed by atoms with Crippen LogP contribution in [-0.4, -0.2) is 33.1 Å². The zero-order valence-electron chi connectivity index (χ0n) is 17.3. The van der Waals surface area contributed by atoms with E-state index in [2.05, 4.69) is 20.0 Å². The van der Waals surface area contributed by atoms with Crippen molar-refractivity contribution in [3.8, 4) is 0 Å². The zero-order valence-corrected chi connectivity index (χ0v) is 17.3. The highest BCUT2D eigenvalue weighted by Gasteiger charge is 2.38. The molecule has 1 aliphatic rings. The van der Waals surface area contributed by atoms with E-state index in [4.69, 9.17) is 4.52 Å². The molecule has 0 amide bonds. The fraction of sp³-hybridized carbons (Fsp3) is 0.500. The van der Waals surface area contributed by atoms with E-state index < -0.39 is 11.7 Å². The van der Waals surface area contributed by atoms with Crippen LogP contribution in [0.25, 0.3) is 11.1 Å². The van der Waals surface area contributed by atoms with Gasteiger partial charge in [-0.2, -0.15) is 13.2 Å². The van der Waals surface area contributed by atoms with Crippen molar-refractivity contribution >= 4 is 11.1 Å². The van der Waals surface area contributed by atoms with E-state index in [0.717, 1.165) is 36.8 Å². The van der Waals surface area contributed by atoms with Crippen molar-refractivity contribution < 1.29 is 17.7 Å². The van der Waals surface area contributed by atoms with Crippen LogP contribution in [0.15, 0.2) is 28.8 Å². The van der Waals surface area contributed by atoms with Gasteiger partial charge in [-0.05, 0) is 50.4 Å². The van der Waals surface area contributed by atoms with Crippen molar-refractivity contribution in [3.05, 3.63) is 52.6 Å². The van der Waals surface area contributed by atoms with Crippen LogP contribution in [0.5, 0.6) is 0 Å². The maximum absolute atomic E-state index is 13.9. The van der Waals surface area contributed by atoms with Gasteiger partial charge in [0.15, 0.2) is 0 Å². The lowest BCUT2D eigenvalue weighted by Gasteiger charge is -2.31. The van der Waals surface area contributed by atoms with Gasteiger partial charge in [0.2, 0.25) is 0 Å². The standard InChI is InChI=1S/C22H25F3N4O/c1-13(2)18-10-17(22(23,24)25)19-20(28-30-21(19)27-18)15-7-5-9-29(11-15)12-16-8-4-6-14(3)26-16/h4,6,8,10,13,15H,5,7,9,11-12H2,1-3H3/t15-/m1/s1. The Labute approximate surface area is 173 Å². The van der Waals surface area contributed by atoms with Crippen LogP contribution in [0.4, 0.5) is 13.2 Å². The minimum absolute atomic E-state index is 0.00688. The lowest BCUT2D eigenvalue weighted by atomic mass is 9.91. The van der Waals surface area contributed by atoms with Gasteiger partial charge >= 0.3 is 6.18 Å². The largest absolute Gasteiger partial charge is 0.417 e. The molecule has 0 radical (unpaired) electrons. The van der Waals surface area contributed by atoms with Crippen molar-refractivity contribution in [1.82, 2.24) is 20.0 Å². The summed E-state index contributed by atoms with van der Waals surface area (Å²) in [6.45, 7) is 7.72. The number of fused-ring (bicyclic) bond motifs is 1. The van der Waals surface area contributed by atoms with Crippen LogP contribution in [0.3, 0.4) is 0 Å². The molecule has 8 heteroatoms. The van der Waals surface area contributed by atoms with Gasteiger partial charge in [-0.15, -0.1) is 0 Å². The maximum atomic E-state index is 13.9. The number of halogens is 3. The van der Waals surface area contributed by atoms with Crippen molar-refractivity contribution in [3.63, 3.8) is 0 Å². The van der Waals surface area contributed by atoms with Crippen molar-refractivity contribution in [1.29, 1.82) is 0 Å².